The molecule has 6 heteroatoms. The van der Waals surface area contributed by atoms with Crippen LogP contribution in [0.15, 0.2) is 77.6 Å². The quantitative estimate of drug-likeness (QED) is 0.332. The Hall–Kier alpha value is -4.24. The Morgan fingerprint density at radius 2 is 1.78 bits per heavy atom. The molecular weight excluding hydrogens is 407 g/mol. The fourth-order valence-corrected chi connectivity index (χ4v) is 3.93. The maximum atomic E-state index is 14.1. The molecule has 5 nitrogen and oxygen atoms in total. The number of hydrogen-bond donors (Lipinski definition) is 0. The number of rotatable bonds is 4. The van der Waals surface area contributed by atoms with Gasteiger partial charge in [0.25, 0.3) is 5.56 Å². The molecule has 0 amide bonds. The molecule has 0 radical (unpaired) electrons. The smallest absolute Gasteiger partial charge is 0.343 e. The largest absolute Gasteiger partial charge is 0.423 e. The van der Waals surface area contributed by atoms with Crippen molar-refractivity contribution in [1.82, 2.24) is 4.57 Å². The van der Waals surface area contributed by atoms with Crippen molar-refractivity contribution < 1.29 is 13.9 Å². The van der Waals surface area contributed by atoms with Gasteiger partial charge >= 0.3 is 5.97 Å². The first-order valence-electron chi connectivity index (χ1n) is 10.2. The number of pyridine rings is 1. The van der Waals surface area contributed by atoms with Crippen LogP contribution in [0, 0.1) is 17.1 Å². The summed E-state index contributed by atoms with van der Waals surface area (Å²) in [4.78, 5) is 25.7. The van der Waals surface area contributed by atoms with Gasteiger partial charge in [0.05, 0.1) is 5.56 Å². The van der Waals surface area contributed by atoms with Crippen LogP contribution >= 0.6 is 0 Å². The van der Waals surface area contributed by atoms with Crippen LogP contribution in [0.4, 0.5) is 4.39 Å². The lowest BCUT2D eigenvalue weighted by Gasteiger charge is -2.16. The summed E-state index contributed by atoms with van der Waals surface area (Å²) in [7, 11) is 0. The molecule has 4 aromatic rings. The van der Waals surface area contributed by atoms with Gasteiger partial charge in [-0.1, -0.05) is 30.3 Å². The third-order valence-corrected chi connectivity index (χ3v) is 5.54. The highest BCUT2D eigenvalue weighted by atomic mass is 19.1. The standard InChI is InChI=1S/C26H17FN2O3/c27-18-8-4-7-17(13-18)24-22-14-20(32-26(31)16-5-2-1-3-6-16)11-12-21(22)25(30)29(19-9-10-19)23(24)15-28/h1-8,11-14,19H,9-10H2. The number of benzene rings is 3. The van der Waals surface area contributed by atoms with Crippen molar-refractivity contribution in [3.63, 3.8) is 0 Å². The Morgan fingerprint density at radius 1 is 1.00 bits per heavy atom. The number of nitrogens with zero attached hydrogens (tertiary/aromatic N) is 2. The lowest BCUT2D eigenvalue weighted by molar-refractivity contribution is 0.0735. The highest BCUT2D eigenvalue weighted by Crippen LogP contribution is 2.39. The second kappa shape index (κ2) is 7.78. The van der Waals surface area contributed by atoms with Crippen LogP contribution < -0.4 is 10.3 Å². The Balaban J connectivity index is 1.73. The number of ether oxygens (including phenoxy) is 1. The molecule has 0 unspecified atom stereocenters. The van der Waals surface area contributed by atoms with Gasteiger partial charge in [0.1, 0.15) is 23.3 Å². The summed E-state index contributed by atoms with van der Waals surface area (Å²) in [5.74, 6) is -0.754. The van der Waals surface area contributed by atoms with E-state index < -0.39 is 11.8 Å². The van der Waals surface area contributed by atoms with Gasteiger partial charge in [-0.3, -0.25) is 9.36 Å². The van der Waals surface area contributed by atoms with Crippen LogP contribution in [0.2, 0.25) is 0 Å². The minimum atomic E-state index is -0.538. The normalized spacial score (nSPS) is 13.0. The Kier molecular flexibility index (Phi) is 4.79. The second-order valence-electron chi connectivity index (χ2n) is 7.72. The van der Waals surface area contributed by atoms with Crippen LogP contribution in [0.5, 0.6) is 5.75 Å². The molecule has 1 aliphatic carbocycles. The molecule has 3 aromatic carbocycles. The van der Waals surface area contributed by atoms with Crippen LogP contribution in [-0.2, 0) is 0 Å². The van der Waals surface area contributed by atoms with E-state index in [2.05, 4.69) is 6.07 Å². The van der Waals surface area contributed by atoms with E-state index in [0.29, 0.717) is 27.5 Å². The van der Waals surface area contributed by atoms with Gasteiger partial charge in [-0.25, -0.2) is 9.18 Å². The Morgan fingerprint density at radius 3 is 2.47 bits per heavy atom. The lowest BCUT2D eigenvalue weighted by Crippen LogP contribution is -2.23. The lowest BCUT2D eigenvalue weighted by atomic mass is 9.96. The van der Waals surface area contributed by atoms with E-state index >= 15 is 0 Å². The van der Waals surface area contributed by atoms with Crippen molar-refractivity contribution in [3.05, 3.63) is 100 Å². The van der Waals surface area contributed by atoms with Crippen molar-refractivity contribution in [2.45, 2.75) is 18.9 Å². The highest BCUT2D eigenvalue weighted by Gasteiger charge is 2.30. The van der Waals surface area contributed by atoms with E-state index in [1.807, 2.05) is 0 Å². The van der Waals surface area contributed by atoms with Gasteiger partial charge in [0.2, 0.25) is 0 Å². The minimum Gasteiger partial charge on any atom is -0.423 e. The van der Waals surface area contributed by atoms with Crippen LogP contribution in [-0.4, -0.2) is 10.5 Å². The van der Waals surface area contributed by atoms with Crippen molar-refractivity contribution in [2.75, 3.05) is 0 Å². The zero-order valence-corrected chi connectivity index (χ0v) is 16.9. The fourth-order valence-electron chi connectivity index (χ4n) is 3.93. The van der Waals surface area contributed by atoms with Crippen molar-refractivity contribution in [2.24, 2.45) is 0 Å². The monoisotopic (exact) mass is 424 g/mol. The molecule has 1 aromatic heterocycles. The number of carbonyl (C=O) groups is 1. The van der Waals surface area contributed by atoms with Gasteiger partial charge in [-0.2, -0.15) is 5.26 Å². The number of carbonyl (C=O) groups excluding carboxylic acids is 1. The molecule has 1 saturated carbocycles. The predicted octanol–water partition coefficient (Wildman–Crippen LogP) is 5.23. The fraction of sp³-hybridized carbons (Fsp3) is 0.115. The van der Waals surface area contributed by atoms with Crippen molar-refractivity contribution in [3.8, 4) is 22.9 Å². The number of aromatic nitrogens is 1. The number of halogens is 1. The molecule has 0 bridgehead atoms. The van der Waals surface area contributed by atoms with Gasteiger partial charge in [-0.15, -0.1) is 0 Å². The maximum absolute atomic E-state index is 14.1. The number of nitriles is 1. The zero-order valence-electron chi connectivity index (χ0n) is 16.9. The number of esters is 1. The van der Waals surface area contributed by atoms with E-state index in [-0.39, 0.29) is 23.0 Å². The van der Waals surface area contributed by atoms with E-state index in [1.54, 1.807) is 60.7 Å². The summed E-state index contributed by atoms with van der Waals surface area (Å²) in [5, 5.41) is 10.8. The van der Waals surface area contributed by atoms with E-state index in [9.17, 15) is 19.2 Å². The Labute approximate surface area is 182 Å². The van der Waals surface area contributed by atoms with Gasteiger partial charge in [-0.05, 0) is 60.9 Å². The summed E-state index contributed by atoms with van der Waals surface area (Å²) >= 11 is 0. The average molecular weight is 424 g/mol. The molecule has 156 valence electrons. The van der Waals surface area contributed by atoms with E-state index in [4.69, 9.17) is 4.74 Å². The third-order valence-electron chi connectivity index (χ3n) is 5.54. The summed E-state index contributed by atoms with van der Waals surface area (Å²) < 4.78 is 21.1. The molecule has 1 aliphatic rings. The summed E-state index contributed by atoms with van der Waals surface area (Å²) in [6.07, 6.45) is 1.63. The highest BCUT2D eigenvalue weighted by molar-refractivity contribution is 6.00. The first kappa shape index (κ1) is 19.7. The molecule has 0 atom stereocenters. The summed E-state index contributed by atoms with van der Waals surface area (Å²) in [5.41, 5.74) is 1.22. The third kappa shape index (κ3) is 3.44. The van der Waals surface area contributed by atoms with Crippen LogP contribution in [0.1, 0.15) is 34.9 Å². The van der Waals surface area contributed by atoms with Crippen LogP contribution in [0.3, 0.4) is 0 Å². The average Bonchev–Trinajstić information content (AvgIpc) is 3.64. The molecule has 1 fully saturated rings. The van der Waals surface area contributed by atoms with Crippen molar-refractivity contribution in [1.29, 1.82) is 5.26 Å². The van der Waals surface area contributed by atoms with Crippen molar-refractivity contribution >= 4 is 16.7 Å². The molecule has 0 saturated heterocycles. The van der Waals surface area contributed by atoms with Crippen LogP contribution in [0.25, 0.3) is 21.9 Å². The summed E-state index contributed by atoms with van der Waals surface area (Å²) in [6.45, 7) is 0. The molecule has 0 spiro atoms. The summed E-state index contributed by atoms with van der Waals surface area (Å²) in [6, 6.07) is 21.3. The van der Waals surface area contributed by atoms with Gasteiger partial charge in [0, 0.05) is 22.4 Å². The zero-order chi connectivity index (χ0) is 22.2. The SMILES string of the molecule is N#Cc1c(-c2cccc(F)c2)c2cc(OC(=O)c3ccccc3)ccc2c(=O)n1C1CC1. The molecule has 0 N–H and O–H groups in total. The molecule has 0 aliphatic heterocycles. The van der Waals surface area contributed by atoms with E-state index in [0.717, 1.165) is 12.8 Å². The topological polar surface area (TPSA) is 72.1 Å². The molecule has 5 rings (SSSR count). The minimum absolute atomic E-state index is 0.0376. The predicted molar refractivity (Wildman–Crippen MR) is 118 cm³/mol. The molecular formula is C26H17FN2O3. The Bertz CT molecular complexity index is 1460. The first-order valence-corrected chi connectivity index (χ1v) is 10.2. The first-order chi connectivity index (χ1) is 15.6. The maximum Gasteiger partial charge on any atom is 0.343 e. The molecule has 32 heavy (non-hydrogen) atoms. The number of fused-ring (bicyclic) bond motifs is 1. The van der Waals surface area contributed by atoms with Gasteiger partial charge in [0.15, 0.2) is 0 Å². The molecule has 1 heterocycles. The van der Waals surface area contributed by atoms with Gasteiger partial charge < -0.3 is 4.74 Å². The van der Waals surface area contributed by atoms with E-state index in [1.165, 1.54) is 16.7 Å². The number of hydrogen-bond acceptors (Lipinski definition) is 4. The second-order valence-corrected chi connectivity index (χ2v) is 7.72.